The van der Waals surface area contributed by atoms with Crippen molar-refractivity contribution in [3.05, 3.63) is 19.9 Å². The number of rotatable bonds is 1. The van der Waals surface area contributed by atoms with E-state index in [-0.39, 0.29) is 0 Å². The van der Waals surface area contributed by atoms with Gasteiger partial charge in [0.25, 0.3) is 0 Å². The van der Waals surface area contributed by atoms with Crippen LogP contribution in [0, 0.1) is 0 Å². The molecular weight excluding hydrogens is 324 g/mol. The molecule has 0 saturated carbocycles. The van der Waals surface area contributed by atoms with Crippen LogP contribution in [0.1, 0.15) is 27.2 Å². The van der Waals surface area contributed by atoms with Gasteiger partial charge in [0, 0.05) is 0 Å². The summed E-state index contributed by atoms with van der Waals surface area (Å²) < 4.78 is 6.87. The van der Waals surface area contributed by atoms with Crippen LogP contribution in [0.25, 0.3) is 0 Å². The molecule has 0 spiro atoms. The molecular formula is C10H17Tl. The first-order valence-electron chi connectivity index (χ1n) is 4.40. The third-order valence-electron chi connectivity index (χ3n) is 2.84. The first-order valence-corrected chi connectivity index (χ1v) is 15.6. The summed E-state index contributed by atoms with van der Waals surface area (Å²) >= 11 is -1.27. The van der Waals surface area contributed by atoms with Gasteiger partial charge < -0.3 is 0 Å². The molecule has 0 aromatic carbocycles. The van der Waals surface area contributed by atoms with Crippen molar-refractivity contribution in [3.63, 3.8) is 0 Å². The molecule has 0 N–H and O–H groups in total. The molecule has 0 nitrogen and oxygen atoms in total. The Morgan fingerprint density at radius 1 is 1.00 bits per heavy atom. The van der Waals surface area contributed by atoms with E-state index in [9.17, 15) is 0 Å². The molecule has 0 saturated heterocycles. The molecule has 11 heavy (non-hydrogen) atoms. The van der Waals surface area contributed by atoms with Crippen LogP contribution < -0.4 is 0 Å². The second-order valence-corrected chi connectivity index (χ2v) is 15.6. The molecule has 0 unspecified atom stereocenters. The molecule has 1 heteroatoms. The zero-order chi connectivity index (χ0) is 8.59. The van der Waals surface area contributed by atoms with Gasteiger partial charge in [-0.05, 0) is 0 Å². The van der Waals surface area contributed by atoms with E-state index >= 15 is 0 Å². The van der Waals surface area contributed by atoms with Gasteiger partial charge in [0.1, 0.15) is 0 Å². The van der Waals surface area contributed by atoms with Gasteiger partial charge in [0.2, 0.25) is 0 Å². The molecule has 1 aliphatic carbocycles. The SMILES string of the molecule is CC1=C(C)C(C)=[C]([Tl]([CH3])[CH3])C1. The van der Waals surface area contributed by atoms with E-state index in [1.165, 1.54) is 6.42 Å². The summed E-state index contributed by atoms with van der Waals surface area (Å²) in [7, 11) is 0. The van der Waals surface area contributed by atoms with Gasteiger partial charge in [-0.1, -0.05) is 0 Å². The zero-order valence-corrected chi connectivity index (χ0v) is 12.8. The van der Waals surface area contributed by atoms with Crippen LogP contribution in [0.3, 0.4) is 0 Å². The zero-order valence-electron chi connectivity index (χ0n) is 8.28. The molecule has 0 radical (unpaired) electrons. The Morgan fingerprint density at radius 2 is 1.55 bits per heavy atom. The Balaban J connectivity index is 2.93. The standard InChI is InChI=1S/C8H11.2CH3.Tl/c1-6-4-5-7(2)8(6)3;;;/h4H2,1-3H3;2*1H3;. The summed E-state index contributed by atoms with van der Waals surface area (Å²) in [6, 6.07) is 0. The molecule has 60 valence electrons. The van der Waals surface area contributed by atoms with Crippen molar-refractivity contribution in [2.45, 2.75) is 36.2 Å². The van der Waals surface area contributed by atoms with Gasteiger partial charge in [-0.25, -0.2) is 0 Å². The van der Waals surface area contributed by atoms with E-state index in [2.05, 4.69) is 29.7 Å². The normalized spacial score (nSPS) is 18.3. The molecule has 0 heterocycles. The van der Waals surface area contributed by atoms with E-state index < -0.39 is 22.7 Å². The average molecular weight is 342 g/mol. The topological polar surface area (TPSA) is 0 Å². The summed E-state index contributed by atoms with van der Waals surface area (Å²) in [5.74, 6) is 0. The van der Waals surface area contributed by atoms with Crippen LogP contribution in [0.15, 0.2) is 19.9 Å². The fraction of sp³-hybridized carbons (Fsp3) is 0.600. The summed E-state index contributed by atoms with van der Waals surface area (Å²) in [5.41, 5.74) is 4.83. The predicted octanol–water partition coefficient (Wildman–Crippen LogP) is 3.34. The van der Waals surface area contributed by atoms with Gasteiger partial charge in [0.15, 0.2) is 0 Å². The van der Waals surface area contributed by atoms with E-state index in [0.717, 1.165) is 0 Å². The average Bonchev–Trinajstić information content (AvgIpc) is 2.17. The molecule has 0 atom stereocenters. The van der Waals surface area contributed by atoms with E-state index in [0.29, 0.717) is 0 Å². The van der Waals surface area contributed by atoms with Crippen molar-refractivity contribution in [2.24, 2.45) is 0 Å². The molecule has 1 aliphatic rings. The van der Waals surface area contributed by atoms with Crippen molar-refractivity contribution < 1.29 is 0 Å². The third kappa shape index (κ3) is 1.76. The minimum absolute atomic E-state index is 1.27. The van der Waals surface area contributed by atoms with Crippen molar-refractivity contribution in [2.75, 3.05) is 0 Å². The third-order valence-corrected chi connectivity index (χ3v) is 10.7. The maximum atomic E-state index is 2.50. The first-order chi connectivity index (χ1) is 5.04. The Labute approximate surface area is 78.5 Å². The summed E-state index contributed by atoms with van der Waals surface area (Å²) in [4.78, 5) is 0. The molecule has 0 aromatic rings. The van der Waals surface area contributed by atoms with Gasteiger partial charge in [0.05, 0.1) is 0 Å². The predicted molar refractivity (Wildman–Crippen MR) is 53.2 cm³/mol. The van der Waals surface area contributed by atoms with Crippen LogP contribution in [0.4, 0.5) is 0 Å². The molecule has 0 amide bonds. The second-order valence-electron chi connectivity index (χ2n) is 3.89. The van der Waals surface area contributed by atoms with E-state index in [4.69, 9.17) is 0 Å². The fourth-order valence-electron chi connectivity index (χ4n) is 1.75. The van der Waals surface area contributed by atoms with Gasteiger partial charge in [-0.3, -0.25) is 0 Å². The summed E-state index contributed by atoms with van der Waals surface area (Å²) in [6.45, 7) is 6.86. The maximum absolute atomic E-state index is 2.50. The van der Waals surface area contributed by atoms with E-state index in [1.807, 2.05) is 3.13 Å². The van der Waals surface area contributed by atoms with Gasteiger partial charge in [-0.15, -0.1) is 0 Å². The Morgan fingerprint density at radius 3 is 1.73 bits per heavy atom. The first kappa shape index (κ1) is 9.49. The van der Waals surface area contributed by atoms with Gasteiger partial charge in [-0.2, -0.15) is 0 Å². The minimum atomic E-state index is -1.27. The molecule has 0 aromatic heterocycles. The number of hydrogen-bond donors (Lipinski definition) is 0. The summed E-state index contributed by atoms with van der Waals surface area (Å²) in [6.07, 6.45) is 1.32. The Bertz CT molecular complexity index is 231. The monoisotopic (exact) mass is 342 g/mol. The van der Waals surface area contributed by atoms with E-state index in [1.54, 1.807) is 16.7 Å². The van der Waals surface area contributed by atoms with Crippen molar-refractivity contribution in [1.82, 2.24) is 0 Å². The molecule has 0 fully saturated rings. The second kappa shape index (κ2) is 3.42. The molecule has 0 bridgehead atoms. The van der Waals surface area contributed by atoms with Crippen molar-refractivity contribution >= 4 is 22.7 Å². The summed E-state index contributed by atoms with van der Waals surface area (Å²) in [5, 5.41) is 0. The van der Waals surface area contributed by atoms with Gasteiger partial charge >= 0.3 is 78.7 Å². The van der Waals surface area contributed by atoms with Crippen LogP contribution in [-0.2, 0) is 0 Å². The fourth-order valence-corrected chi connectivity index (χ4v) is 8.73. The van der Waals surface area contributed by atoms with Crippen LogP contribution in [-0.4, -0.2) is 22.7 Å². The molecule has 1 rings (SSSR count). The molecule has 0 aliphatic heterocycles. The van der Waals surface area contributed by atoms with Crippen molar-refractivity contribution in [1.29, 1.82) is 0 Å². The number of allylic oxidation sites excluding steroid dienone is 4. The van der Waals surface area contributed by atoms with Crippen LogP contribution in [0.2, 0.25) is 8.97 Å². The van der Waals surface area contributed by atoms with Crippen LogP contribution in [0.5, 0.6) is 0 Å². The van der Waals surface area contributed by atoms with Crippen molar-refractivity contribution in [3.8, 4) is 0 Å². The Hall–Kier alpha value is 0.402. The quantitative estimate of drug-likeness (QED) is 0.642. The number of hydrogen-bond acceptors (Lipinski definition) is 0. The van der Waals surface area contributed by atoms with Crippen LogP contribution >= 0.6 is 0 Å². The Kier molecular flexibility index (Phi) is 2.95.